The number of aromatic hydroxyl groups is 1. The molecule has 0 aliphatic carbocycles. The molecule has 7 nitrogen and oxygen atoms in total. The van der Waals surface area contributed by atoms with Gasteiger partial charge in [0.05, 0.1) is 11.3 Å². The normalized spacial score (nSPS) is 11.1. The highest BCUT2D eigenvalue weighted by Gasteiger charge is 2.13. The zero-order chi connectivity index (χ0) is 14.2. The summed E-state index contributed by atoms with van der Waals surface area (Å²) in [5.41, 5.74) is 0.481. The van der Waals surface area contributed by atoms with Gasteiger partial charge in [-0.15, -0.1) is 0 Å². The first kappa shape index (κ1) is 15.9. The number of carboxylic acids is 1. The van der Waals surface area contributed by atoms with Crippen molar-refractivity contribution in [3.63, 3.8) is 0 Å². The van der Waals surface area contributed by atoms with Crippen molar-refractivity contribution in [1.29, 1.82) is 0 Å². The summed E-state index contributed by atoms with van der Waals surface area (Å²) in [4.78, 5) is 10.2. The lowest BCUT2D eigenvalue weighted by Crippen LogP contribution is -2.00. The third-order valence-corrected chi connectivity index (χ3v) is 3.46. The van der Waals surface area contributed by atoms with E-state index in [1.165, 1.54) is 24.3 Å². The molecule has 2 aromatic carbocycles. The van der Waals surface area contributed by atoms with Gasteiger partial charge in [-0.3, -0.25) is 9.35 Å². The third-order valence-electron chi connectivity index (χ3n) is 2.62. The molecule has 108 valence electrons. The van der Waals surface area contributed by atoms with Crippen molar-refractivity contribution in [2.24, 2.45) is 0 Å². The van der Waals surface area contributed by atoms with Crippen LogP contribution in [0.4, 0.5) is 0 Å². The number of carbonyl (C=O) groups is 1. The van der Waals surface area contributed by atoms with E-state index in [4.69, 9.17) is 9.66 Å². The summed E-state index contributed by atoms with van der Waals surface area (Å²) in [5, 5.41) is 19.2. The van der Waals surface area contributed by atoms with E-state index < -0.39 is 21.0 Å². The van der Waals surface area contributed by atoms with Crippen LogP contribution in [0.3, 0.4) is 0 Å². The fraction of sp³-hybridized carbons (Fsp3) is 0.0833. The summed E-state index contributed by atoms with van der Waals surface area (Å²) >= 11 is 0. The minimum Gasteiger partial charge on any atom is -0.507 e. The first-order valence-corrected chi connectivity index (χ1v) is 6.66. The van der Waals surface area contributed by atoms with Crippen LogP contribution in [-0.2, 0) is 21.3 Å². The minimum absolute atomic E-state index is 0. The van der Waals surface area contributed by atoms with Crippen LogP contribution < -0.4 is 6.15 Å². The van der Waals surface area contributed by atoms with Crippen molar-refractivity contribution in [1.82, 2.24) is 6.15 Å². The molecule has 0 aliphatic heterocycles. The van der Waals surface area contributed by atoms with Gasteiger partial charge >= 0.3 is 5.97 Å². The SMILES string of the molecule is N.O=C(O)Cc1ccc2cc(S(=O)(=O)O)cc(O)c2c1. The number of rotatable bonds is 3. The fourth-order valence-corrected chi connectivity index (χ4v) is 2.33. The number of phenolic OH excluding ortho intramolecular Hbond substituents is 1. The summed E-state index contributed by atoms with van der Waals surface area (Å²) in [6.45, 7) is 0. The van der Waals surface area contributed by atoms with E-state index >= 15 is 0 Å². The molecule has 2 rings (SSSR count). The molecule has 0 aliphatic rings. The smallest absolute Gasteiger partial charge is 0.307 e. The average molecular weight is 299 g/mol. The van der Waals surface area contributed by atoms with Gasteiger partial charge < -0.3 is 16.4 Å². The number of aliphatic carboxylic acids is 1. The lowest BCUT2D eigenvalue weighted by atomic mass is 10.0. The Morgan fingerprint density at radius 2 is 1.80 bits per heavy atom. The monoisotopic (exact) mass is 299 g/mol. The quantitative estimate of drug-likeness (QED) is 0.629. The van der Waals surface area contributed by atoms with E-state index in [0.29, 0.717) is 16.3 Å². The van der Waals surface area contributed by atoms with Crippen LogP contribution in [0.2, 0.25) is 0 Å². The first-order valence-electron chi connectivity index (χ1n) is 5.22. The predicted octanol–water partition coefficient (Wildman–Crippen LogP) is 1.58. The van der Waals surface area contributed by atoms with Crippen molar-refractivity contribution in [3.8, 4) is 5.75 Å². The first-order chi connectivity index (χ1) is 8.77. The molecule has 0 saturated carbocycles. The van der Waals surface area contributed by atoms with Gasteiger partial charge in [0.2, 0.25) is 0 Å². The molecule has 0 heterocycles. The summed E-state index contributed by atoms with van der Waals surface area (Å²) in [6, 6.07) is 6.59. The van der Waals surface area contributed by atoms with Crippen LogP contribution in [0.25, 0.3) is 10.8 Å². The van der Waals surface area contributed by atoms with Crippen molar-refractivity contribution in [3.05, 3.63) is 35.9 Å². The average Bonchev–Trinajstić information content (AvgIpc) is 2.27. The maximum Gasteiger partial charge on any atom is 0.307 e. The Kier molecular flexibility index (Phi) is 4.33. The highest BCUT2D eigenvalue weighted by Crippen LogP contribution is 2.29. The second kappa shape index (κ2) is 5.45. The van der Waals surface area contributed by atoms with Crippen LogP contribution in [0.1, 0.15) is 5.56 Å². The summed E-state index contributed by atoms with van der Waals surface area (Å²) in [7, 11) is -4.40. The molecule has 0 aromatic heterocycles. The molecule has 0 fully saturated rings. The lowest BCUT2D eigenvalue weighted by molar-refractivity contribution is -0.136. The van der Waals surface area contributed by atoms with E-state index in [-0.39, 0.29) is 18.3 Å². The molecule has 2 aromatic rings. The number of hydrogen-bond donors (Lipinski definition) is 4. The Morgan fingerprint density at radius 3 is 2.35 bits per heavy atom. The topological polar surface area (TPSA) is 147 Å². The molecule has 0 unspecified atom stereocenters. The maximum atomic E-state index is 11.0. The zero-order valence-corrected chi connectivity index (χ0v) is 11.1. The van der Waals surface area contributed by atoms with Gasteiger partial charge in [0.1, 0.15) is 5.75 Å². The fourth-order valence-electron chi connectivity index (χ4n) is 1.79. The Balaban J connectivity index is 0.00000200. The van der Waals surface area contributed by atoms with Crippen molar-refractivity contribution in [2.75, 3.05) is 0 Å². The van der Waals surface area contributed by atoms with Gasteiger partial charge in [0.15, 0.2) is 0 Å². The molecular formula is C12H13NO6S. The molecule has 0 radical (unpaired) electrons. The molecule has 0 bridgehead atoms. The standard InChI is InChI=1S/C12H10O6S.H3N/c13-11-6-9(19(16,17)18)5-8-2-1-7(3-10(8)11)4-12(14)15;/h1-3,5-6,13H,4H2,(H,14,15)(H,16,17,18);1H3. The number of carboxylic acid groups (broad SMARTS) is 1. The van der Waals surface area contributed by atoms with Crippen molar-refractivity contribution in [2.45, 2.75) is 11.3 Å². The molecule has 0 amide bonds. The van der Waals surface area contributed by atoms with E-state index in [0.717, 1.165) is 6.07 Å². The Bertz CT molecular complexity index is 769. The summed E-state index contributed by atoms with van der Waals surface area (Å²) in [6.07, 6.45) is -0.199. The maximum absolute atomic E-state index is 11.0. The van der Waals surface area contributed by atoms with Crippen LogP contribution in [0.15, 0.2) is 35.2 Å². The number of fused-ring (bicyclic) bond motifs is 1. The summed E-state index contributed by atoms with van der Waals surface area (Å²) in [5.74, 6) is -1.34. The van der Waals surface area contributed by atoms with Crippen LogP contribution in [-0.4, -0.2) is 29.2 Å². The molecule has 8 heteroatoms. The molecule has 6 N–H and O–H groups in total. The van der Waals surface area contributed by atoms with Crippen molar-refractivity contribution >= 4 is 26.9 Å². The predicted molar refractivity (Wildman–Crippen MR) is 71.8 cm³/mol. The minimum atomic E-state index is -4.40. The lowest BCUT2D eigenvalue weighted by Gasteiger charge is -2.06. The number of phenols is 1. The summed E-state index contributed by atoms with van der Waals surface area (Å²) < 4.78 is 30.9. The zero-order valence-electron chi connectivity index (χ0n) is 10.3. The van der Waals surface area contributed by atoms with Crippen LogP contribution in [0, 0.1) is 0 Å². The van der Waals surface area contributed by atoms with E-state index in [2.05, 4.69) is 0 Å². The molecule has 0 atom stereocenters. The van der Waals surface area contributed by atoms with Crippen LogP contribution in [0.5, 0.6) is 5.75 Å². The van der Waals surface area contributed by atoms with E-state index in [9.17, 15) is 18.3 Å². The van der Waals surface area contributed by atoms with Gasteiger partial charge in [0, 0.05) is 11.5 Å². The Morgan fingerprint density at radius 1 is 1.15 bits per heavy atom. The van der Waals surface area contributed by atoms with Gasteiger partial charge in [-0.05, 0) is 23.1 Å². The second-order valence-electron chi connectivity index (χ2n) is 4.04. The third kappa shape index (κ3) is 3.23. The van der Waals surface area contributed by atoms with Gasteiger partial charge in [0.25, 0.3) is 10.1 Å². The van der Waals surface area contributed by atoms with Gasteiger partial charge in [-0.2, -0.15) is 8.42 Å². The van der Waals surface area contributed by atoms with Gasteiger partial charge in [-0.25, -0.2) is 0 Å². The van der Waals surface area contributed by atoms with E-state index in [1.807, 2.05) is 0 Å². The largest absolute Gasteiger partial charge is 0.507 e. The molecule has 20 heavy (non-hydrogen) atoms. The highest BCUT2D eigenvalue weighted by atomic mass is 32.2. The Hall–Kier alpha value is -2.16. The Labute approximate surface area is 114 Å². The van der Waals surface area contributed by atoms with Gasteiger partial charge in [-0.1, -0.05) is 12.1 Å². The van der Waals surface area contributed by atoms with E-state index in [1.54, 1.807) is 0 Å². The van der Waals surface area contributed by atoms with Crippen LogP contribution >= 0.6 is 0 Å². The second-order valence-corrected chi connectivity index (χ2v) is 5.47. The molecule has 0 spiro atoms. The number of hydrogen-bond acceptors (Lipinski definition) is 5. The van der Waals surface area contributed by atoms with Crippen molar-refractivity contribution < 1.29 is 28.0 Å². The highest BCUT2D eigenvalue weighted by molar-refractivity contribution is 7.85. The molecule has 0 saturated heterocycles. The number of benzene rings is 2. The molecular weight excluding hydrogens is 286 g/mol.